The number of fused-ring (bicyclic) bond motifs is 3. The molecule has 1 heterocycles. The van der Waals surface area contributed by atoms with Gasteiger partial charge >= 0.3 is 0 Å². The van der Waals surface area contributed by atoms with Gasteiger partial charge in [-0.05, 0) is 29.8 Å². The predicted molar refractivity (Wildman–Crippen MR) is 94.6 cm³/mol. The minimum atomic E-state index is 0.925. The van der Waals surface area contributed by atoms with Crippen molar-refractivity contribution in [3.63, 3.8) is 0 Å². The average molecular weight is 402 g/mol. The van der Waals surface area contributed by atoms with Crippen LogP contribution in [0, 0.1) is 0 Å². The summed E-state index contributed by atoms with van der Waals surface area (Å²) in [5.41, 5.74) is 4.09. The number of benzene rings is 3. The largest absolute Gasteiger partial charge is 0.455 e. The van der Waals surface area contributed by atoms with E-state index in [9.17, 15) is 0 Å². The van der Waals surface area contributed by atoms with Crippen LogP contribution in [0.4, 0.5) is 0 Å². The van der Waals surface area contributed by atoms with Crippen molar-refractivity contribution in [2.45, 2.75) is 0 Å². The average Bonchev–Trinajstić information content (AvgIpc) is 2.84. The minimum Gasteiger partial charge on any atom is -0.455 e. The van der Waals surface area contributed by atoms with Gasteiger partial charge in [-0.2, -0.15) is 0 Å². The SMILES string of the molecule is Brc1cc(Br)cc(-c2cccc3c2oc2ccccc23)c1. The quantitative estimate of drug-likeness (QED) is 0.342. The topological polar surface area (TPSA) is 13.1 Å². The molecule has 0 spiro atoms. The highest BCUT2D eigenvalue weighted by Crippen LogP contribution is 2.37. The molecule has 0 bridgehead atoms. The molecule has 0 atom stereocenters. The lowest BCUT2D eigenvalue weighted by atomic mass is 10.0. The van der Waals surface area contributed by atoms with Crippen LogP contribution in [0.1, 0.15) is 0 Å². The fraction of sp³-hybridized carbons (Fsp3) is 0. The molecule has 3 aromatic carbocycles. The van der Waals surface area contributed by atoms with Crippen LogP contribution in [0.3, 0.4) is 0 Å². The fourth-order valence-corrected chi connectivity index (χ4v) is 3.98. The first-order valence-corrected chi connectivity index (χ1v) is 8.18. The summed E-state index contributed by atoms with van der Waals surface area (Å²) in [6.07, 6.45) is 0. The van der Waals surface area contributed by atoms with E-state index in [0.717, 1.165) is 42.0 Å². The zero-order valence-electron chi connectivity index (χ0n) is 10.9. The summed E-state index contributed by atoms with van der Waals surface area (Å²) in [7, 11) is 0. The van der Waals surface area contributed by atoms with Crippen molar-refractivity contribution in [3.8, 4) is 11.1 Å². The van der Waals surface area contributed by atoms with E-state index in [1.54, 1.807) is 0 Å². The highest BCUT2D eigenvalue weighted by molar-refractivity contribution is 9.11. The Morgan fingerprint density at radius 1 is 0.714 bits per heavy atom. The van der Waals surface area contributed by atoms with Gasteiger partial charge in [-0.25, -0.2) is 0 Å². The van der Waals surface area contributed by atoms with E-state index in [4.69, 9.17) is 4.42 Å². The summed E-state index contributed by atoms with van der Waals surface area (Å²) < 4.78 is 8.17. The van der Waals surface area contributed by atoms with Crippen LogP contribution in [0.2, 0.25) is 0 Å². The molecule has 0 radical (unpaired) electrons. The normalized spacial score (nSPS) is 11.3. The second kappa shape index (κ2) is 5.00. The molecule has 102 valence electrons. The highest BCUT2D eigenvalue weighted by atomic mass is 79.9. The summed E-state index contributed by atoms with van der Waals surface area (Å²) in [4.78, 5) is 0. The van der Waals surface area contributed by atoms with Gasteiger partial charge in [0.2, 0.25) is 0 Å². The Morgan fingerprint density at radius 3 is 2.24 bits per heavy atom. The van der Waals surface area contributed by atoms with Gasteiger partial charge in [0.05, 0.1) is 0 Å². The summed E-state index contributed by atoms with van der Waals surface area (Å²) in [5, 5.41) is 2.31. The van der Waals surface area contributed by atoms with Crippen molar-refractivity contribution in [2.24, 2.45) is 0 Å². The maximum absolute atomic E-state index is 6.09. The molecule has 0 unspecified atom stereocenters. The van der Waals surface area contributed by atoms with Crippen molar-refractivity contribution in [1.29, 1.82) is 0 Å². The first-order chi connectivity index (χ1) is 10.2. The molecule has 0 N–H and O–H groups in total. The number of halogens is 2. The van der Waals surface area contributed by atoms with Crippen molar-refractivity contribution >= 4 is 53.8 Å². The lowest BCUT2D eigenvalue weighted by molar-refractivity contribution is 0.670. The molecule has 0 saturated carbocycles. The minimum absolute atomic E-state index is 0.925. The molecular formula is C18H10Br2O. The Morgan fingerprint density at radius 2 is 1.43 bits per heavy atom. The fourth-order valence-electron chi connectivity index (χ4n) is 2.68. The third kappa shape index (κ3) is 2.21. The van der Waals surface area contributed by atoms with E-state index in [1.165, 1.54) is 0 Å². The highest BCUT2D eigenvalue weighted by Gasteiger charge is 2.12. The first-order valence-electron chi connectivity index (χ1n) is 6.59. The molecule has 1 aromatic heterocycles. The summed E-state index contributed by atoms with van der Waals surface area (Å²) >= 11 is 7.10. The molecule has 0 saturated heterocycles. The van der Waals surface area contributed by atoms with Crippen molar-refractivity contribution in [3.05, 3.63) is 69.6 Å². The predicted octanol–water partition coefficient (Wildman–Crippen LogP) is 6.78. The molecule has 0 fully saturated rings. The summed E-state index contributed by atoms with van der Waals surface area (Å²) in [5.74, 6) is 0. The molecule has 4 aromatic rings. The van der Waals surface area contributed by atoms with E-state index in [-0.39, 0.29) is 0 Å². The monoisotopic (exact) mass is 400 g/mol. The van der Waals surface area contributed by atoms with Crippen LogP contribution in [0.5, 0.6) is 0 Å². The molecule has 0 aliphatic heterocycles. The van der Waals surface area contributed by atoms with Gasteiger partial charge in [0.15, 0.2) is 0 Å². The Kier molecular flexibility index (Phi) is 3.12. The second-order valence-electron chi connectivity index (χ2n) is 4.94. The van der Waals surface area contributed by atoms with Crippen LogP contribution >= 0.6 is 31.9 Å². The van der Waals surface area contributed by atoms with E-state index in [2.05, 4.69) is 68.3 Å². The Labute approximate surface area is 138 Å². The van der Waals surface area contributed by atoms with E-state index in [1.807, 2.05) is 24.3 Å². The van der Waals surface area contributed by atoms with Gasteiger partial charge < -0.3 is 4.42 Å². The lowest BCUT2D eigenvalue weighted by Gasteiger charge is -2.04. The van der Waals surface area contributed by atoms with Gasteiger partial charge in [-0.3, -0.25) is 0 Å². The zero-order valence-corrected chi connectivity index (χ0v) is 14.1. The molecular weight excluding hydrogens is 392 g/mol. The maximum atomic E-state index is 6.09. The number of furan rings is 1. The third-order valence-electron chi connectivity index (χ3n) is 3.58. The van der Waals surface area contributed by atoms with Gasteiger partial charge in [0, 0.05) is 25.3 Å². The smallest absolute Gasteiger partial charge is 0.143 e. The molecule has 0 aliphatic carbocycles. The maximum Gasteiger partial charge on any atom is 0.143 e. The van der Waals surface area contributed by atoms with Gasteiger partial charge in [-0.15, -0.1) is 0 Å². The third-order valence-corrected chi connectivity index (χ3v) is 4.49. The van der Waals surface area contributed by atoms with Crippen molar-refractivity contribution in [1.82, 2.24) is 0 Å². The van der Waals surface area contributed by atoms with E-state index >= 15 is 0 Å². The molecule has 3 heteroatoms. The number of hydrogen-bond acceptors (Lipinski definition) is 1. The van der Waals surface area contributed by atoms with Crippen LogP contribution < -0.4 is 0 Å². The van der Waals surface area contributed by atoms with Gasteiger partial charge in [0.25, 0.3) is 0 Å². The van der Waals surface area contributed by atoms with Crippen LogP contribution in [-0.4, -0.2) is 0 Å². The van der Waals surface area contributed by atoms with Gasteiger partial charge in [-0.1, -0.05) is 68.3 Å². The van der Waals surface area contributed by atoms with E-state index in [0.29, 0.717) is 0 Å². The number of hydrogen-bond donors (Lipinski definition) is 0. The number of rotatable bonds is 1. The first kappa shape index (κ1) is 13.1. The molecule has 0 aliphatic rings. The Hall–Kier alpha value is -1.58. The molecule has 1 nitrogen and oxygen atoms in total. The van der Waals surface area contributed by atoms with Crippen LogP contribution in [-0.2, 0) is 0 Å². The van der Waals surface area contributed by atoms with Crippen LogP contribution in [0.15, 0.2) is 74.0 Å². The second-order valence-corrected chi connectivity index (χ2v) is 6.77. The zero-order chi connectivity index (χ0) is 14.4. The summed E-state index contributed by atoms with van der Waals surface area (Å²) in [6, 6.07) is 20.7. The van der Waals surface area contributed by atoms with Crippen molar-refractivity contribution < 1.29 is 4.42 Å². The van der Waals surface area contributed by atoms with Gasteiger partial charge in [0.1, 0.15) is 11.2 Å². The van der Waals surface area contributed by atoms with Crippen molar-refractivity contribution in [2.75, 3.05) is 0 Å². The standard InChI is InChI=1S/C18H10Br2O/c19-12-8-11(9-13(20)10-12)14-5-3-6-16-15-4-1-2-7-17(15)21-18(14)16/h1-10H. The van der Waals surface area contributed by atoms with Crippen LogP contribution in [0.25, 0.3) is 33.1 Å². The Bertz CT molecular complexity index is 949. The molecule has 4 rings (SSSR count). The summed E-state index contributed by atoms with van der Waals surface area (Å²) in [6.45, 7) is 0. The van der Waals surface area contributed by atoms with E-state index < -0.39 is 0 Å². The molecule has 0 amide bonds. The number of para-hydroxylation sites is 2. The molecule has 21 heavy (non-hydrogen) atoms. The Balaban J connectivity index is 2.09. The lowest BCUT2D eigenvalue weighted by Crippen LogP contribution is -1.80.